The van der Waals surface area contributed by atoms with Crippen LogP contribution in [-0.4, -0.2) is 101 Å². The van der Waals surface area contributed by atoms with Crippen molar-refractivity contribution in [3.05, 3.63) is 22.7 Å². The Hall–Kier alpha value is -2.19. The zero-order valence-electron chi connectivity index (χ0n) is 18.5. The number of carbonyl (C=O) groups is 2. The summed E-state index contributed by atoms with van der Waals surface area (Å²) >= 11 is 6.24. The summed E-state index contributed by atoms with van der Waals surface area (Å²) in [6, 6.07) is 2.73. The topological polar surface area (TPSA) is 170 Å². The van der Waals surface area contributed by atoms with E-state index in [0.29, 0.717) is 13.1 Å². The van der Waals surface area contributed by atoms with Crippen molar-refractivity contribution >= 4 is 29.2 Å². The molecule has 33 heavy (non-hydrogen) atoms. The van der Waals surface area contributed by atoms with E-state index >= 15 is 0 Å². The van der Waals surface area contributed by atoms with Gasteiger partial charge in [-0.1, -0.05) is 25.4 Å². The molecule has 186 valence electrons. The Kier molecular flexibility index (Phi) is 10.1. The summed E-state index contributed by atoms with van der Waals surface area (Å²) < 4.78 is 10.3. The second-order valence-electron chi connectivity index (χ2n) is 7.27. The molecule has 1 aromatic carbocycles. The molecule has 1 aliphatic heterocycles. The molecular weight excluding hydrogens is 462 g/mol. The number of carboxylic acids is 1. The third-order valence-corrected chi connectivity index (χ3v) is 5.55. The molecule has 0 bridgehead atoms. The van der Waals surface area contributed by atoms with Gasteiger partial charge in [0.15, 0.2) is 6.10 Å². The van der Waals surface area contributed by atoms with Crippen LogP contribution in [0.5, 0.6) is 5.75 Å². The number of nitrogens with one attached hydrogen (secondary N) is 2. The minimum absolute atomic E-state index is 0.0605. The highest BCUT2D eigenvalue weighted by Gasteiger charge is 2.47. The Morgan fingerprint density at radius 1 is 1.15 bits per heavy atom. The van der Waals surface area contributed by atoms with Crippen LogP contribution < -0.4 is 15.5 Å². The van der Waals surface area contributed by atoms with Crippen molar-refractivity contribution in [3.63, 3.8) is 0 Å². The first-order valence-corrected chi connectivity index (χ1v) is 10.7. The molecule has 0 radical (unpaired) electrons. The quantitative estimate of drug-likeness (QED) is 0.224. The molecule has 0 aromatic heterocycles. The van der Waals surface area contributed by atoms with Crippen LogP contribution in [0.4, 0.5) is 5.69 Å². The van der Waals surface area contributed by atoms with Gasteiger partial charge in [-0.3, -0.25) is 10.3 Å². The average Bonchev–Trinajstić information content (AvgIpc) is 2.80. The van der Waals surface area contributed by atoms with Gasteiger partial charge in [0.2, 0.25) is 6.29 Å². The SMILES string of the molecule is CCN(CC)CCNC(=O)c1cc(Cl)c(NO[C@@H]2O[C@H](C(=O)O)[C@@H](O)[C@H](O)[C@H]2O)cc1OC. The fourth-order valence-corrected chi connectivity index (χ4v) is 3.41. The van der Waals surface area contributed by atoms with Gasteiger partial charge in [0, 0.05) is 19.2 Å². The van der Waals surface area contributed by atoms with Crippen molar-refractivity contribution in [1.82, 2.24) is 10.2 Å². The Bertz CT molecular complexity index is 824. The number of methoxy groups -OCH3 is 1. The number of halogens is 1. The first-order valence-electron chi connectivity index (χ1n) is 10.4. The van der Waals surface area contributed by atoms with Crippen molar-refractivity contribution in [3.8, 4) is 5.75 Å². The molecule has 0 spiro atoms. The minimum Gasteiger partial charge on any atom is -0.496 e. The zero-order chi connectivity index (χ0) is 24.7. The lowest BCUT2D eigenvalue weighted by Crippen LogP contribution is -2.60. The molecule has 1 heterocycles. The molecule has 1 aliphatic rings. The van der Waals surface area contributed by atoms with Gasteiger partial charge < -0.3 is 40.1 Å². The highest BCUT2D eigenvalue weighted by atomic mass is 35.5. The van der Waals surface area contributed by atoms with Crippen molar-refractivity contribution in [2.45, 2.75) is 44.6 Å². The van der Waals surface area contributed by atoms with Gasteiger partial charge in [0.1, 0.15) is 24.1 Å². The number of ether oxygens (including phenoxy) is 2. The van der Waals surface area contributed by atoms with Gasteiger partial charge in [-0.2, -0.15) is 0 Å². The van der Waals surface area contributed by atoms with Crippen molar-refractivity contribution < 1.29 is 44.3 Å². The van der Waals surface area contributed by atoms with E-state index in [1.54, 1.807) is 0 Å². The number of rotatable bonds is 11. The molecule has 1 fully saturated rings. The molecule has 1 amide bonds. The molecule has 1 aromatic rings. The van der Waals surface area contributed by atoms with Gasteiger partial charge >= 0.3 is 5.97 Å². The number of aliphatic hydroxyl groups is 3. The average molecular weight is 492 g/mol. The number of nitrogens with zero attached hydrogens (tertiary/aromatic N) is 1. The Labute approximate surface area is 195 Å². The van der Waals surface area contributed by atoms with E-state index in [1.807, 2.05) is 13.8 Å². The number of benzene rings is 1. The summed E-state index contributed by atoms with van der Waals surface area (Å²) in [5, 5.41) is 41.6. The monoisotopic (exact) mass is 491 g/mol. The Balaban J connectivity index is 2.08. The highest BCUT2D eigenvalue weighted by molar-refractivity contribution is 6.33. The van der Waals surface area contributed by atoms with Crippen LogP contribution in [0.1, 0.15) is 24.2 Å². The number of anilines is 1. The van der Waals surface area contributed by atoms with Crippen LogP contribution in [0.15, 0.2) is 12.1 Å². The third kappa shape index (κ3) is 6.67. The van der Waals surface area contributed by atoms with Crippen LogP contribution in [0.3, 0.4) is 0 Å². The normalized spacial score (nSPS) is 25.0. The summed E-state index contributed by atoms with van der Waals surface area (Å²) in [7, 11) is 1.36. The van der Waals surface area contributed by atoms with E-state index in [0.717, 1.165) is 13.1 Å². The van der Waals surface area contributed by atoms with Crippen molar-refractivity contribution in [2.24, 2.45) is 0 Å². The summed E-state index contributed by atoms with van der Waals surface area (Å²) in [6.45, 7) is 6.91. The summed E-state index contributed by atoms with van der Waals surface area (Å²) in [5.41, 5.74) is 2.71. The molecular formula is C20H30ClN3O9. The smallest absolute Gasteiger partial charge is 0.335 e. The fourth-order valence-electron chi connectivity index (χ4n) is 3.21. The van der Waals surface area contributed by atoms with Crippen molar-refractivity contribution in [1.29, 1.82) is 0 Å². The minimum atomic E-state index is -1.85. The lowest BCUT2D eigenvalue weighted by Gasteiger charge is -2.38. The van der Waals surface area contributed by atoms with Gasteiger partial charge in [-0.05, 0) is 19.2 Å². The molecule has 2 rings (SSSR count). The lowest BCUT2D eigenvalue weighted by atomic mass is 9.99. The van der Waals surface area contributed by atoms with E-state index in [9.17, 15) is 24.9 Å². The molecule has 13 heteroatoms. The molecule has 6 N–H and O–H groups in total. The van der Waals surface area contributed by atoms with Crippen molar-refractivity contribution in [2.75, 3.05) is 38.8 Å². The second kappa shape index (κ2) is 12.3. The largest absolute Gasteiger partial charge is 0.496 e. The van der Waals surface area contributed by atoms with Crippen LogP contribution in [0.25, 0.3) is 0 Å². The maximum Gasteiger partial charge on any atom is 0.335 e. The van der Waals surface area contributed by atoms with Gasteiger partial charge in [-0.15, -0.1) is 0 Å². The summed E-state index contributed by atoms with van der Waals surface area (Å²) in [4.78, 5) is 31.1. The molecule has 0 saturated carbocycles. The first kappa shape index (κ1) is 27.1. The first-order chi connectivity index (χ1) is 15.6. The van der Waals surface area contributed by atoms with E-state index in [4.69, 9.17) is 31.0 Å². The highest BCUT2D eigenvalue weighted by Crippen LogP contribution is 2.32. The predicted molar refractivity (Wildman–Crippen MR) is 117 cm³/mol. The number of amides is 1. The second-order valence-corrected chi connectivity index (χ2v) is 7.68. The number of likely N-dealkylation sites (N-methyl/N-ethyl adjacent to an activating group) is 1. The lowest BCUT2D eigenvalue weighted by molar-refractivity contribution is -0.287. The van der Waals surface area contributed by atoms with Crippen LogP contribution in [0, 0.1) is 0 Å². The molecule has 5 atom stereocenters. The standard InChI is InChI=1S/C20H30ClN3O9/c1-4-24(5-2)7-6-22-18(28)10-8-11(21)12(9-13(10)31-3)23-33-20-16(27)14(25)15(26)17(32-20)19(29)30/h8-9,14-17,20,23,25-27H,4-7H2,1-3H3,(H,22,28)(H,29,30)/t14-,15-,16+,17-,20-/m0/s1. The zero-order valence-corrected chi connectivity index (χ0v) is 19.3. The predicted octanol–water partition coefficient (Wildman–Crippen LogP) is -0.344. The van der Waals surface area contributed by atoms with Crippen LogP contribution in [0.2, 0.25) is 5.02 Å². The van der Waals surface area contributed by atoms with E-state index in [-0.39, 0.29) is 27.9 Å². The molecule has 1 saturated heterocycles. The number of hydrogen-bond acceptors (Lipinski definition) is 10. The maximum atomic E-state index is 12.6. The Morgan fingerprint density at radius 2 is 1.82 bits per heavy atom. The van der Waals surface area contributed by atoms with Crippen LogP contribution >= 0.6 is 11.6 Å². The van der Waals surface area contributed by atoms with Crippen LogP contribution in [-0.2, 0) is 14.4 Å². The number of carboxylic acid groups (broad SMARTS) is 1. The number of aliphatic hydroxyl groups excluding tert-OH is 3. The van der Waals surface area contributed by atoms with E-state index in [2.05, 4.69) is 15.7 Å². The number of aliphatic carboxylic acids is 1. The third-order valence-electron chi connectivity index (χ3n) is 5.24. The number of hydrogen-bond donors (Lipinski definition) is 6. The maximum absolute atomic E-state index is 12.6. The van der Waals surface area contributed by atoms with Gasteiger partial charge in [0.25, 0.3) is 5.91 Å². The summed E-state index contributed by atoms with van der Waals surface area (Å²) in [5.74, 6) is -1.76. The summed E-state index contributed by atoms with van der Waals surface area (Å²) in [6.07, 6.45) is -8.88. The Morgan fingerprint density at radius 3 is 2.39 bits per heavy atom. The molecule has 0 aliphatic carbocycles. The number of carbonyl (C=O) groups excluding carboxylic acids is 1. The van der Waals surface area contributed by atoms with E-state index in [1.165, 1.54) is 19.2 Å². The van der Waals surface area contributed by atoms with Gasteiger partial charge in [0.05, 0.1) is 23.4 Å². The molecule has 0 unspecified atom stereocenters. The van der Waals surface area contributed by atoms with E-state index < -0.39 is 36.7 Å². The molecule has 12 nitrogen and oxygen atoms in total. The van der Waals surface area contributed by atoms with Gasteiger partial charge in [-0.25, -0.2) is 9.63 Å². The fraction of sp³-hybridized carbons (Fsp3) is 0.600.